The van der Waals surface area contributed by atoms with Crippen LogP contribution in [0.15, 0.2) is 54.2 Å². The molecular weight excluding hydrogens is 481 g/mol. The summed E-state index contributed by atoms with van der Waals surface area (Å²) >= 11 is 13.0. The van der Waals surface area contributed by atoms with E-state index in [1.54, 1.807) is 35.8 Å². The lowest BCUT2D eigenvalue weighted by molar-refractivity contribution is -0.113. The van der Waals surface area contributed by atoms with E-state index in [4.69, 9.17) is 27.9 Å². The van der Waals surface area contributed by atoms with Gasteiger partial charge in [-0.1, -0.05) is 41.0 Å². The van der Waals surface area contributed by atoms with Crippen LogP contribution in [0.25, 0.3) is 0 Å². The number of aromatic nitrogens is 3. The van der Waals surface area contributed by atoms with Crippen molar-refractivity contribution in [2.75, 3.05) is 11.1 Å². The number of benzene rings is 2. The third-order valence-corrected chi connectivity index (χ3v) is 5.50. The summed E-state index contributed by atoms with van der Waals surface area (Å²) in [4.78, 5) is 12.3. The van der Waals surface area contributed by atoms with Crippen LogP contribution in [0, 0.1) is 11.6 Å². The molecule has 1 amide bonds. The fraction of sp³-hybridized carbons (Fsp3) is 0.190. The highest BCUT2D eigenvalue weighted by Crippen LogP contribution is 2.27. The second kappa shape index (κ2) is 10.8. The second-order valence-electron chi connectivity index (χ2n) is 6.57. The van der Waals surface area contributed by atoms with Crippen LogP contribution in [0.2, 0.25) is 10.0 Å². The number of rotatable bonds is 9. The van der Waals surface area contributed by atoms with Crippen LogP contribution >= 0.6 is 35.0 Å². The summed E-state index contributed by atoms with van der Waals surface area (Å²) in [5, 5.41) is 12.2. The van der Waals surface area contributed by atoms with Gasteiger partial charge in [-0.05, 0) is 37.3 Å². The van der Waals surface area contributed by atoms with Crippen molar-refractivity contribution in [1.29, 1.82) is 0 Å². The van der Waals surface area contributed by atoms with E-state index in [0.717, 1.165) is 23.9 Å². The van der Waals surface area contributed by atoms with Crippen molar-refractivity contribution in [3.05, 3.63) is 76.6 Å². The molecule has 0 fully saturated rings. The molecule has 0 aliphatic carbocycles. The average molecular weight is 499 g/mol. The second-order valence-corrected chi connectivity index (χ2v) is 8.39. The molecule has 32 heavy (non-hydrogen) atoms. The summed E-state index contributed by atoms with van der Waals surface area (Å²) in [6.07, 6.45) is 0.940. The molecule has 0 saturated carbocycles. The van der Waals surface area contributed by atoms with Crippen molar-refractivity contribution in [2.45, 2.75) is 24.7 Å². The summed E-state index contributed by atoms with van der Waals surface area (Å²) < 4.78 is 34.4. The number of hydrogen-bond donors (Lipinski definition) is 1. The first-order valence-corrected chi connectivity index (χ1v) is 11.1. The zero-order valence-electron chi connectivity index (χ0n) is 16.8. The van der Waals surface area contributed by atoms with Gasteiger partial charge in [0.15, 0.2) is 28.7 Å². The Balaban J connectivity index is 1.69. The third-order valence-electron chi connectivity index (χ3n) is 4.10. The molecule has 0 saturated heterocycles. The van der Waals surface area contributed by atoms with Gasteiger partial charge >= 0.3 is 0 Å². The van der Waals surface area contributed by atoms with Crippen LogP contribution in [0.1, 0.15) is 18.9 Å². The van der Waals surface area contributed by atoms with Crippen LogP contribution in [0.5, 0.6) is 5.75 Å². The van der Waals surface area contributed by atoms with E-state index in [0.29, 0.717) is 33.3 Å². The Morgan fingerprint density at radius 1 is 1.25 bits per heavy atom. The molecule has 3 aromatic rings. The van der Waals surface area contributed by atoms with Crippen molar-refractivity contribution in [3.8, 4) is 5.75 Å². The van der Waals surface area contributed by atoms with Gasteiger partial charge in [0.1, 0.15) is 5.82 Å². The predicted molar refractivity (Wildman–Crippen MR) is 121 cm³/mol. The number of nitrogens with zero attached hydrogens (tertiary/aromatic N) is 3. The Hall–Kier alpha value is -2.62. The van der Waals surface area contributed by atoms with E-state index in [1.807, 2.05) is 0 Å². The Morgan fingerprint density at radius 3 is 2.62 bits per heavy atom. The summed E-state index contributed by atoms with van der Waals surface area (Å²) in [5.74, 6) is -1.48. The summed E-state index contributed by atoms with van der Waals surface area (Å²) in [5.41, 5.74) is 0.477. The topological polar surface area (TPSA) is 69.0 Å². The molecule has 0 radical (unpaired) electrons. The molecule has 0 bridgehead atoms. The third kappa shape index (κ3) is 6.21. The highest BCUT2D eigenvalue weighted by Gasteiger charge is 2.21. The molecule has 168 valence electrons. The van der Waals surface area contributed by atoms with Crippen LogP contribution in [-0.4, -0.2) is 26.4 Å². The zero-order valence-corrected chi connectivity index (χ0v) is 19.1. The van der Waals surface area contributed by atoms with Crippen molar-refractivity contribution in [2.24, 2.45) is 0 Å². The summed E-state index contributed by atoms with van der Waals surface area (Å²) in [6, 6.07) is 7.78. The number of nitrogens with one attached hydrogen (secondary N) is 1. The van der Waals surface area contributed by atoms with Crippen LogP contribution in [-0.2, 0) is 11.3 Å². The summed E-state index contributed by atoms with van der Waals surface area (Å²) in [6.45, 7) is 5.73. The van der Waals surface area contributed by atoms with Crippen molar-refractivity contribution < 1.29 is 18.3 Å². The first-order valence-electron chi connectivity index (χ1n) is 9.31. The van der Waals surface area contributed by atoms with E-state index in [1.165, 1.54) is 6.07 Å². The van der Waals surface area contributed by atoms with Gasteiger partial charge in [-0.15, -0.1) is 16.8 Å². The summed E-state index contributed by atoms with van der Waals surface area (Å²) in [7, 11) is 0. The minimum absolute atomic E-state index is 0.0429. The molecular formula is C21H18Cl2F2N4O2S. The number of carbonyl (C=O) groups excluding carboxylic acids is 1. The number of hydrogen-bond acceptors (Lipinski definition) is 5. The molecule has 11 heteroatoms. The van der Waals surface area contributed by atoms with Crippen LogP contribution < -0.4 is 10.1 Å². The average Bonchev–Trinajstić information content (AvgIpc) is 3.11. The van der Waals surface area contributed by atoms with Gasteiger partial charge in [-0.25, -0.2) is 8.78 Å². The minimum Gasteiger partial charge on any atom is -0.480 e. The zero-order chi connectivity index (χ0) is 23.3. The highest BCUT2D eigenvalue weighted by atomic mass is 35.5. The smallest absolute Gasteiger partial charge is 0.234 e. The van der Waals surface area contributed by atoms with Gasteiger partial charge in [-0.3, -0.25) is 9.36 Å². The molecule has 1 aromatic heterocycles. The Labute approximate surface area is 197 Å². The molecule has 0 spiro atoms. The lowest BCUT2D eigenvalue weighted by atomic mass is 10.3. The molecule has 1 unspecified atom stereocenters. The Kier molecular flexibility index (Phi) is 8.11. The number of thioether (sulfide) groups is 1. The number of halogens is 4. The molecule has 1 heterocycles. The van der Waals surface area contributed by atoms with E-state index in [9.17, 15) is 13.6 Å². The number of allylic oxidation sites excluding steroid dienone is 1. The minimum atomic E-state index is -0.820. The fourth-order valence-corrected chi connectivity index (χ4v) is 4.06. The maximum absolute atomic E-state index is 13.9. The quantitative estimate of drug-likeness (QED) is 0.293. The molecule has 3 rings (SSSR count). The van der Waals surface area contributed by atoms with E-state index in [2.05, 4.69) is 22.1 Å². The number of carbonyl (C=O) groups is 1. The maximum Gasteiger partial charge on any atom is 0.234 e. The Morgan fingerprint density at radius 2 is 1.97 bits per heavy atom. The van der Waals surface area contributed by atoms with Gasteiger partial charge in [0, 0.05) is 28.3 Å². The van der Waals surface area contributed by atoms with Gasteiger partial charge in [0.25, 0.3) is 0 Å². The number of amides is 1. The lowest BCUT2D eigenvalue weighted by Crippen LogP contribution is -2.15. The first-order chi connectivity index (χ1) is 15.3. The molecule has 6 nitrogen and oxygen atoms in total. The van der Waals surface area contributed by atoms with Gasteiger partial charge < -0.3 is 10.1 Å². The van der Waals surface area contributed by atoms with Gasteiger partial charge in [0.2, 0.25) is 5.91 Å². The van der Waals surface area contributed by atoms with Crippen LogP contribution in [0.3, 0.4) is 0 Å². The number of ether oxygens (including phenoxy) is 1. The molecule has 1 N–H and O–H groups in total. The van der Waals surface area contributed by atoms with Gasteiger partial charge in [-0.2, -0.15) is 0 Å². The van der Waals surface area contributed by atoms with Crippen molar-refractivity contribution in [1.82, 2.24) is 14.8 Å². The standard InChI is InChI=1S/C21H18Cl2F2N4O2S/c1-3-6-29-20(12(2)31-18-5-4-15(24)10-17(18)25)27-28-21(29)32-11-19(30)26-16-8-13(22)7-14(23)9-16/h3-5,7-10,12H,1,6,11H2,2H3,(H,26,30). The normalized spacial score (nSPS) is 11.8. The van der Waals surface area contributed by atoms with Crippen LogP contribution in [0.4, 0.5) is 14.5 Å². The molecule has 2 aromatic carbocycles. The van der Waals surface area contributed by atoms with Crippen molar-refractivity contribution >= 4 is 46.6 Å². The van der Waals surface area contributed by atoms with E-state index >= 15 is 0 Å². The Bertz CT molecular complexity index is 1120. The van der Waals surface area contributed by atoms with E-state index in [-0.39, 0.29) is 17.4 Å². The van der Waals surface area contributed by atoms with Gasteiger partial charge in [0.05, 0.1) is 5.75 Å². The SMILES string of the molecule is C=CCn1c(SCC(=O)Nc2cc(Cl)cc(Cl)c2)nnc1C(C)Oc1ccc(F)cc1F. The van der Waals surface area contributed by atoms with Crippen molar-refractivity contribution in [3.63, 3.8) is 0 Å². The highest BCUT2D eigenvalue weighted by molar-refractivity contribution is 7.99. The molecule has 1 atom stereocenters. The maximum atomic E-state index is 13.9. The largest absolute Gasteiger partial charge is 0.480 e. The van der Waals surface area contributed by atoms with E-state index < -0.39 is 17.7 Å². The monoisotopic (exact) mass is 498 g/mol. The first kappa shape index (κ1) is 24.0. The lowest BCUT2D eigenvalue weighted by Gasteiger charge is -2.16. The predicted octanol–water partition coefficient (Wildman–Crippen LogP) is 5.92. The number of anilines is 1. The fourth-order valence-electron chi connectivity index (χ4n) is 2.78. The molecule has 0 aliphatic rings. The molecule has 0 aliphatic heterocycles.